The molecule has 0 bridgehead atoms. The third-order valence-electron chi connectivity index (χ3n) is 3.32. The molecule has 2 aromatic heterocycles. The second-order valence-corrected chi connectivity index (χ2v) is 7.14. The molecule has 0 radical (unpaired) electrons. The molecular weight excluding hydrogens is 380 g/mol. The lowest BCUT2D eigenvalue weighted by Crippen LogP contribution is -1.97. The molecule has 3 aromatic rings. The molecule has 0 N–H and O–H groups in total. The molecule has 0 unspecified atom stereocenters. The number of methoxy groups -OCH3 is 1. The first-order chi connectivity index (χ1) is 14.0. The number of hydrogen-bond acceptors (Lipinski definition) is 5. The first-order valence-corrected chi connectivity index (χ1v) is 11.5. The van der Waals surface area contributed by atoms with Crippen molar-refractivity contribution in [2.75, 3.05) is 13.4 Å². The average molecular weight is 417 g/mol. The Morgan fingerprint density at radius 2 is 1.52 bits per heavy atom. The quantitative estimate of drug-likeness (QED) is 0.255. The predicted octanol–water partition coefficient (Wildman–Crippen LogP) is 7.30. The van der Waals surface area contributed by atoms with Gasteiger partial charge in [0.25, 0.3) is 0 Å². The van der Waals surface area contributed by atoms with Gasteiger partial charge in [-0.2, -0.15) is 0 Å². The number of rotatable bonds is 3. The number of carbonyl (C=O) groups is 1. The first-order valence-electron chi connectivity index (χ1n) is 10.3. The zero-order valence-electron chi connectivity index (χ0n) is 19.0. The molecule has 3 rings (SSSR count). The Hall–Kier alpha value is -2.14. The summed E-state index contributed by atoms with van der Waals surface area (Å²) in [4.78, 5) is 20.3. The molecule has 0 saturated carbocycles. The maximum absolute atomic E-state index is 10.2. The Balaban J connectivity index is 0.000000507. The number of benzene rings is 1. The Morgan fingerprint density at radius 3 is 2.00 bits per heavy atom. The summed E-state index contributed by atoms with van der Waals surface area (Å²) in [6.45, 7) is 10.4. The van der Waals surface area contributed by atoms with E-state index in [1.54, 1.807) is 11.8 Å². The van der Waals surface area contributed by atoms with E-state index >= 15 is 0 Å². The molecule has 2 heterocycles. The second kappa shape index (κ2) is 16.8. The average Bonchev–Trinajstić information content (AvgIpc) is 2.75. The highest BCUT2D eigenvalue weighted by Gasteiger charge is 2.06. The molecule has 0 fully saturated rings. The first kappa shape index (κ1) is 26.9. The minimum Gasteiger partial charge on any atom is -0.469 e. The van der Waals surface area contributed by atoms with Gasteiger partial charge in [-0.05, 0) is 30.9 Å². The number of pyridine rings is 2. The van der Waals surface area contributed by atoms with Gasteiger partial charge in [0, 0.05) is 34.5 Å². The fourth-order valence-electron chi connectivity index (χ4n) is 2.22. The summed E-state index contributed by atoms with van der Waals surface area (Å²) in [5.74, 6) is -0.123. The van der Waals surface area contributed by atoms with Crippen molar-refractivity contribution in [3.63, 3.8) is 0 Å². The highest BCUT2D eigenvalue weighted by molar-refractivity contribution is 7.98. The van der Waals surface area contributed by atoms with Crippen molar-refractivity contribution < 1.29 is 9.53 Å². The maximum atomic E-state index is 10.2. The summed E-state index contributed by atoms with van der Waals surface area (Å²) in [6.07, 6.45) is 9.63. The van der Waals surface area contributed by atoms with Gasteiger partial charge in [0.1, 0.15) is 0 Å². The maximum Gasteiger partial charge on any atom is 0.305 e. The van der Waals surface area contributed by atoms with Crippen LogP contribution in [0.5, 0.6) is 0 Å². The smallest absolute Gasteiger partial charge is 0.305 e. The summed E-state index contributed by atoms with van der Waals surface area (Å²) >= 11 is 1.75. The third-order valence-corrected chi connectivity index (χ3v) is 4.10. The third kappa shape index (κ3) is 9.75. The molecule has 0 aliphatic carbocycles. The standard InChI is InChI=1S/C13H10N2S.C5H10O2.2C3H8/c1-16-11-8-9-4-2-6-14-12(9)13-10(11)5-3-7-15-13;1-3-4-5(6)7-2;2*1-3-2/h2-8H,1H3;3-4H2,1-2H3;2*3H2,1-2H3. The van der Waals surface area contributed by atoms with E-state index in [0.29, 0.717) is 6.42 Å². The number of carbonyl (C=O) groups excluding carboxylic acids is 1. The van der Waals surface area contributed by atoms with Crippen LogP contribution in [0.4, 0.5) is 0 Å². The molecule has 0 amide bonds. The van der Waals surface area contributed by atoms with Crippen LogP contribution in [0.3, 0.4) is 0 Å². The van der Waals surface area contributed by atoms with Crippen molar-refractivity contribution in [1.82, 2.24) is 9.97 Å². The summed E-state index contributed by atoms with van der Waals surface area (Å²) in [5, 5.41) is 2.33. The van der Waals surface area contributed by atoms with Crippen molar-refractivity contribution in [2.45, 2.75) is 65.2 Å². The van der Waals surface area contributed by atoms with Gasteiger partial charge in [-0.3, -0.25) is 14.8 Å². The molecule has 160 valence electrons. The number of fused-ring (bicyclic) bond motifs is 3. The SMILES string of the molecule is CCC.CCC.CCCC(=O)OC.CSc1cc2cccnc2c2ncccc12. The molecule has 4 nitrogen and oxygen atoms in total. The molecule has 0 spiro atoms. The lowest BCUT2D eigenvalue weighted by atomic mass is 10.1. The van der Waals surface area contributed by atoms with Gasteiger partial charge in [0.15, 0.2) is 0 Å². The van der Waals surface area contributed by atoms with E-state index in [2.05, 4.69) is 66.9 Å². The number of esters is 1. The summed E-state index contributed by atoms with van der Waals surface area (Å²) in [7, 11) is 1.40. The topological polar surface area (TPSA) is 52.1 Å². The molecular formula is C24H36N2O2S. The number of hydrogen-bond donors (Lipinski definition) is 0. The summed E-state index contributed by atoms with van der Waals surface area (Å²) in [6, 6.07) is 10.3. The number of ether oxygens (including phenoxy) is 1. The van der Waals surface area contributed by atoms with Crippen LogP contribution < -0.4 is 0 Å². The largest absolute Gasteiger partial charge is 0.469 e. The second-order valence-electron chi connectivity index (χ2n) is 6.29. The van der Waals surface area contributed by atoms with Crippen LogP contribution in [0, 0.1) is 0 Å². The number of nitrogens with zero attached hydrogens (tertiary/aromatic N) is 2. The van der Waals surface area contributed by atoms with Gasteiger partial charge in [-0.15, -0.1) is 11.8 Å². The zero-order valence-corrected chi connectivity index (χ0v) is 19.8. The van der Waals surface area contributed by atoms with Gasteiger partial charge in [0.05, 0.1) is 18.1 Å². The fraction of sp³-hybridized carbons (Fsp3) is 0.458. The van der Waals surface area contributed by atoms with Crippen LogP contribution in [0.15, 0.2) is 47.6 Å². The van der Waals surface area contributed by atoms with E-state index in [1.165, 1.54) is 30.2 Å². The minimum absolute atomic E-state index is 0.123. The Bertz CT molecular complexity index is 835. The normalized spacial score (nSPS) is 9.34. The highest BCUT2D eigenvalue weighted by atomic mass is 32.2. The van der Waals surface area contributed by atoms with E-state index in [-0.39, 0.29) is 5.97 Å². The van der Waals surface area contributed by atoms with Crippen molar-refractivity contribution >= 4 is 39.5 Å². The van der Waals surface area contributed by atoms with Crippen LogP contribution in [0.2, 0.25) is 0 Å². The van der Waals surface area contributed by atoms with Crippen molar-refractivity contribution in [2.24, 2.45) is 0 Å². The van der Waals surface area contributed by atoms with Gasteiger partial charge in [-0.1, -0.05) is 59.6 Å². The van der Waals surface area contributed by atoms with E-state index in [9.17, 15) is 4.79 Å². The molecule has 0 saturated heterocycles. The van der Waals surface area contributed by atoms with Gasteiger partial charge in [0.2, 0.25) is 0 Å². The number of thioether (sulfide) groups is 1. The Morgan fingerprint density at radius 1 is 0.966 bits per heavy atom. The molecule has 29 heavy (non-hydrogen) atoms. The van der Waals surface area contributed by atoms with Crippen LogP contribution in [-0.2, 0) is 9.53 Å². The van der Waals surface area contributed by atoms with Crippen LogP contribution in [-0.4, -0.2) is 29.3 Å². The van der Waals surface area contributed by atoms with E-state index in [4.69, 9.17) is 0 Å². The van der Waals surface area contributed by atoms with E-state index in [1.807, 2.05) is 31.5 Å². The van der Waals surface area contributed by atoms with Crippen LogP contribution in [0.25, 0.3) is 21.8 Å². The van der Waals surface area contributed by atoms with E-state index in [0.717, 1.165) is 22.8 Å². The molecule has 0 aliphatic heterocycles. The van der Waals surface area contributed by atoms with E-state index < -0.39 is 0 Å². The fourth-order valence-corrected chi connectivity index (χ4v) is 2.85. The minimum atomic E-state index is -0.123. The number of aromatic nitrogens is 2. The monoisotopic (exact) mass is 416 g/mol. The Kier molecular flexibility index (Phi) is 15.5. The predicted molar refractivity (Wildman–Crippen MR) is 128 cm³/mol. The van der Waals surface area contributed by atoms with Gasteiger partial charge < -0.3 is 4.74 Å². The van der Waals surface area contributed by atoms with Crippen molar-refractivity contribution in [1.29, 1.82) is 0 Å². The van der Waals surface area contributed by atoms with Crippen molar-refractivity contribution in [3.05, 3.63) is 42.7 Å². The molecule has 0 atom stereocenters. The lowest BCUT2D eigenvalue weighted by molar-refractivity contribution is -0.140. The van der Waals surface area contributed by atoms with Crippen LogP contribution in [0.1, 0.15) is 60.3 Å². The Labute approximate surface area is 180 Å². The lowest BCUT2D eigenvalue weighted by Gasteiger charge is -2.06. The summed E-state index contributed by atoms with van der Waals surface area (Å²) < 4.78 is 4.35. The van der Waals surface area contributed by atoms with Crippen molar-refractivity contribution in [3.8, 4) is 0 Å². The van der Waals surface area contributed by atoms with Gasteiger partial charge >= 0.3 is 5.97 Å². The molecule has 1 aromatic carbocycles. The molecule has 0 aliphatic rings. The highest BCUT2D eigenvalue weighted by Crippen LogP contribution is 2.30. The molecule has 5 heteroatoms. The van der Waals surface area contributed by atoms with Gasteiger partial charge in [-0.25, -0.2) is 0 Å². The summed E-state index contributed by atoms with van der Waals surface area (Å²) in [5.41, 5.74) is 1.97. The zero-order chi connectivity index (χ0) is 22.1. The van der Waals surface area contributed by atoms with Crippen LogP contribution >= 0.6 is 11.8 Å².